The first-order valence-electron chi connectivity index (χ1n) is 8.40. The van der Waals surface area contributed by atoms with Crippen molar-refractivity contribution in [3.63, 3.8) is 0 Å². The number of carboxylic acid groups (broad SMARTS) is 1. The van der Waals surface area contributed by atoms with E-state index in [-0.39, 0.29) is 24.7 Å². The van der Waals surface area contributed by atoms with Gasteiger partial charge in [0.15, 0.2) is 0 Å². The van der Waals surface area contributed by atoms with Gasteiger partial charge in [0, 0.05) is 24.2 Å². The summed E-state index contributed by atoms with van der Waals surface area (Å²) in [5.41, 5.74) is 3.07. The van der Waals surface area contributed by atoms with Gasteiger partial charge in [-0.25, -0.2) is 0 Å². The average Bonchev–Trinajstić information content (AvgIpc) is 2.58. The van der Waals surface area contributed by atoms with E-state index in [1.54, 1.807) is 18.2 Å². The molecule has 2 amide bonds. The lowest BCUT2D eigenvalue weighted by molar-refractivity contribution is -0.137. The molecule has 0 aliphatic heterocycles. The topological polar surface area (TPSA) is 95.5 Å². The van der Waals surface area contributed by atoms with Crippen LogP contribution < -0.4 is 10.6 Å². The van der Waals surface area contributed by atoms with Gasteiger partial charge in [-0.3, -0.25) is 14.4 Å². The monoisotopic (exact) mass is 354 g/mol. The van der Waals surface area contributed by atoms with Crippen LogP contribution in [0.2, 0.25) is 0 Å². The number of anilines is 2. The van der Waals surface area contributed by atoms with Crippen molar-refractivity contribution in [1.82, 2.24) is 0 Å². The number of hydrogen-bond acceptors (Lipinski definition) is 3. The summed E-state index contributed by atoms with van der Waals surface area (Å²) in [4.78, 5) is 34.4. The SMILES string of the molecule is Cc1cc(NC(=O)CCCC(=O)O)ccc1NC(=O)Cc1ccccc1. The Morgan fingerprint density at radius 1 is 0.923 bits per heavy atom. The second-order valence-electron chi connectivity index (χ2n) is 6.04. The fraction of sp³-hybridized carbons (Fsp3) is 0.250. The molecule has 26 heavy (non-hydrogen) atoms. The van der Waals surface area contributed by atoms with Gasteiger partial charge < -0.3 is 15.7 Å². The minimum Gasteiger partial charge on any atom is -0.481 e. The summed E-state index contributed by atoms with van der Waals surface area (Å²) in [6.45, 7) is 1.85. The van der Waals surface area contributed by atoms with E-state index in [0.717, 1.165) is 11.1 Å². The van der Waals surface area contributed by atoms with Gasteiger partial charge in [0.1, 0.15) is 0 Å². The van der Waals surface area contributed by atoms with Gasteiger partial charge in [-0.1, -0.05) is 30.3 Å². The van der Waals surface area contributed by atoms with E-state index < -0.39 is 5.97 Å². The van der Waals surface area contributed by atoms with Crippen molar-refractivity contribution in [3.05, 3.63) is 59.7 Å². The quantitative estimate of drug-likeness (QED) is 0.677. The molecule has 2 aromatic rings. The van der Waals surface area contributed by atoms with E-state index in [2.05, 4.69) is 10.6 Å². The van der Waals surface area contributed by atoms with Crippen LogP contribution in [0.4, 0.5) is 11.4 Å². The number of benzene rings is 2. The molecular weight excluding hydrogens is 332 g/mol. The summed E-state index contributed by atoms with van der Waals surface area (Å²) < 4.78 is 0. The molecule has 2 aromatic carbocycles. The van der Waals surface area contributed by atoms with Crippen molar-refractivity contribution >= 4 is 29.2 Å². The van der Waals surface area contributed by atoms with Gasteiger partial charge in [0.2, 0.25) is 11.8 Å². The Hall–Kier alpha value is -3.15. The maximum absolute atomic E-state index is 12.1. The fourth-order valence-corrected chi connectivity index (χ4v) is 2.48. The highest BCUT2D eigenvalue weighted by Gasteiger charge is 2.08. The Kier molecular flexibility index (Phi) is 6.91. The van der Waals surface area contributed by atoms with Gasteiger partial charge in [-0.05, 0) is 42.7 Å². The number of carbonyl (C=O) groups excluding carboxylic acids is 2. The molecule has 0 aromatic heterocycles. The molecule has 0 spiro atoms. The molecule has 0 saturated heterocycles. The second kappa shape index (κ2) is 9.36. The third kappa shape index (κ3) is 6.39. The van der Waals surface area contributed by atoms with Gasteiger partial charge >= 0.3 is 5.97 Å². The van der Waals surface area contributed by atoms with Crippen molar-refractivity contribution in [3.8, 4) is 0 Å². The number of nitrogens with one attached hydrogen (secondary N) is 2. The van der Waals surface area contributed by atoms with Crippen LogP contribution in [0.5, 0.6) is 0 Å². The minimum atomic E-state index is -0.913. The van der Waals surface area contributed by atoms with Crippen molar-refractivity contribution in [2.24, 2.45) is 0 Å². The molecule has 0 aliphatic carbocycles. The number of carboxylic acids is 1. The van der Waals surface area contributed by atoms with Crippen LogP contribution in [0.25, 0.3) is 0 Å². The molecule has 0 atom stereocenters. The number of carbonyl (C=O) groups is 3. The molecule has 0 radical (unpaired) electrons. The standard InChI is InChI=1S/C20H22N2O4/c1-14-12-16(21-18(23)8-5-9-20(25)26)10-11-17(14)22-19(24)13-15-6-3-2-4-7-15/h2-4,6-7,10-12H,5,8-9,13H2,1H3,(H,21,23)(H,22,24)(H,25,26). The largest absolute Gasteiger partial charge is 0.481 e. The Morgan fingerprint density at radius 3 is 2.31 bits per heavy atom. The second-order valence-corrected chi connectivity index (χ2v) is 6.04. The smallest absolute Gasteiger partial charge is 0.303 e. The van der Waals surface area contributed by atoms with Gasteiger partial charge in [-0.15, -0.1) is 0 Å². The van der Waals surface area contributed by atoms with Crippen LogP contribution >= 0.6 is 0 Å². The number of aryl methyl sites for hydroxylation is 1. The molecule has 0 unspecified atom stereocenters. The lowest BCUT2D eigenvalue weighted by Crippen LogP contribution is -2.16. The Labute approximate surface area is 152 Å². The minimum absolute atomic E-state index is 0.0289. The van der Waals surface area contributed by atoms with E-state index in [0.29, 0.717) is 24.2 Å². The Bertz CT molecular complexity index is 788. The summed E-state index contributed by atoms with van der Waals surface area (Å²) in [5, 5.41) is 14.2. The predicted molar refractivity (Wildman–Crippen MR) is 100 cm³/mol. The first kappa shape index (κ1) is 19.2. The third-order valence-electron chi connectivity index (χ3n) is 3.79. The third-order valence-corrected chi connectivity index (χ3v) is 3.79. The summed E-state index contributed by atoms with van der Waals surface area (Å²) >= 11 is 0. The van der Waals surface area contributed by atoms with E-state index >= 15 is 0 Å². The molecule has 0 aliphatic rings. The molecule has 0 heterocycles. The Morgan fingerprint density at radius 2 is 1.65 bits per heavy atom. The maximum Gasteiger partial charge on any atom is 0.303 e. The lowest BCUT2D eigenvalue weighted by Gasteiger charge is -2.11. The molecular formula is C20H22N2O4. The van der Waals surface area contributed by atoms with Crippen LogP contribution in [-0.4, -0.2) is 22.9 Å². The molecule has 2 rings (SSSR count). The first-order chi connectivity index (χ1) is 12.4. The predicted octanol–water partition coefficient (Wildman–Crippen LogP) is 3.37. The van der Waals surface area contributed by atoms with Crippen molar-refractivity contribution in [2.75, 3.05) is 10.6 Å². The fourth-order valence-electron chi connectivity index (χ4n) is 2.48. The zero-order valence-electron chi connectivity index (χ0n) is 14.6. The normalized spacial score (nSPS) is 10.2. The highest BCUT2D eigenvalue weighted by atomic mass is 16.4. The highest BCUT2D eigenvalue weighted by molar-refractivity contribution is 5.94. The molecule has 6 nitrogen and oxygen atoms in total. The zero-order valence-corrected chi connectivity index (χ0v) is 14.6. The van der Waals surface area contributed by atoms with E-state index in [1.165, 1.54) is 0 Å². The number of aliphatic carboxylic acids is 1. The van der Waals surface area contributed by atoms with E-state index in [4.69, 9.17) is 5.11 Å². The summed E-state index contributed by atoms with van der Waals surface area (Å²) in [7, 11) is 0. The van der Waals surface area contributed by atoms with E-state index in [9.17, 15) is 14.4 Å². The number of rotatable bonds is 8. The molecule has 0 bridgehead atoms. The van der Waals surface area contributed by atoms with Gasteiger partial charge in [0.25, 0.3) is 0 Å². The highest BCUT2D eigenvalue weighted by Crippen LogP contribution is 2.20. The number of amides is 2. The summed E-state index contributed by atoms with van der Waals surface area (Å²) in [6.07, 6.45) is 0.718. The number of hydrogen-bond donors (Lipinski definition) is 3. The van der Waals surface area contributed by atoms with Crippen molar-refractivity contribution in [1.29, 1.82) is 0 Å². The molecule has 0 saturated carbocycles. The van der Waals surface area contributed by atoms with Crippen molar-refractivity contribution in [2.45, 2.75) is 32.6 Å². The van der Waals surface area contributed by atoms with Gasteiger partial charge in [-0.2, -0.15) is 0 Å². The Balaban J connectivity index is 1.89. The summed E-state index contributed by atoms with van der Waals surface area (Å²) in [5.74, 6) is -1.25. The van der Waals surface area contributed by atoms with Crippen LogP contribution in [-0.2, 0) is 20.8 Å². The molecule has 3 N–H and O–H groups in total. The van der Waals surface area contributed by atoms with Crippen molar-refractivity contribution < 1.29 is 19.5 Å². The van der Waals surface area contributed by atoms with Crippen LogP contribution in [0.1, 0.15) is 30.4 Å². The van der Waals surface area contributed by atoms with Crippen LogP contribution in [0.15, 0.2) is 48.5 Å². The molecule has 136 valence electrons. The van der Waals surface area contributed by atoms with Crippen LogP contribution in [0.3, 0.4) is 0 Å². The maximum atomic E-state index is 12.1. The summed E-state index contributed by atoms with van der Waals surface area (Å²) in [6, 6.07) is 14.7. The molecule has 6 heteroatoms. The average molecular weight is 354 g/mol. The molecule has 0 fully saturated rings. The first-order valence-corrected chi connectivity index (χ1v) is 8.40. The van der Waals surface area contributed by atoms with E-state index in [1.807, 2.05) is 37.3 Å². The zero-order chi connectivity index (χ0) is 18.9. The lowest BCUT2D eigenvalue weighted by atomic mass is 10.1. The van der Waals surface area contributed by atoms with Crippen LogP contribution in [0, 0.1) is 6.92 Å². The van der Waals surface area contributed by atoms with Gasteiger partial charge in [0.05, 0.1) is 6.42 Å².